The van der Waals surface area contributed by atoms with Crippen molar-refractivity contribution in [3.8, 4) is 5.88 Å². The molecule has 0 saturated carbocycles. The van der Waals surface area contributed by atoms with Crippen LogP contribution in [-0.4, -0.2) is 21.2 Å². The molecule has 1 aromatic carbocycles. The Balaban J connectivity index is 1.55. The van der Waals surface area contributed by atoms with Crippen LogP contribution in [0.4, 0.5) is 5.69 Å². The lowest BCUT2D eigenvalue weighted by atomic mass is 10.3. The fourth-order valence-electron chi connectivity index (χ4n) is 3.79. The van der Waals surface area contributed by atoms with Gasteiger partial charge in [-0.15, -0.1) is 0 Å². The average Bonchev–Trinajstić information content (AvgIpc) is 3.25. The maximum atomic E-state index is 5.87. The molecule has 0 amide bonds. The van der Waals surface area contributed by atoms with Gasteiger partial charge in [0.15, 0.2) is 6.54 Å². The number of rotatable bonds is 7. The highest BCUT2D eigenvalue weighted by Crippen LogP contribution is 2.46. The molecule has 0 radical (unpaired) electrons. The molecule has 2 aliphatic rings. The number of thioether (sulfide) groups is 1. The highest BCUT2D eigenvalue weighted by Gasteiger charge is 2.27. The first-order chi connectivity index (χ1) is 14.5. The van der Waals surface area contributed by atoms with Crippen molar-refractivity contribution >= 4 is 49.0 Å². The maximum Gasteiger partial charge on any atom is 0.387 e. The van der Waals surface area contributed by atoms with Gasteiger partial charge in [0.05, 0.1) is 10.7 Å². The van der Waals surface area contributed by atoms with Gasteiger partial charge < -0.3 is 9.64 Å². The lowest BCUT2D eigenvalue weighted by molar-refractivity contribution is -0.695. The Morgan fingerprint density at radius 2 is 2.07 bits per heavy atom. The van der Waals surface area contributed by atoms with Crippen molar-refractivity contribution in [1.82, 2.24) is 0 Å². The molecule has 6 heteroatoms. The fraction of sp³-hybridized carbons (Fsp3) is 0.375. The largest absolute Gasteiger partial charge is 0.439 e. The molecular formula is C24H31N2OS2Si+. The molecule has 0 spiro atoms. The predicted octanol–water partition coefficient (Wildman–Crippen LogP) is 6.66. The third-order valence-electron chi connectivity index (χ3n) is 5.26. The Bertz CT molecular complexity index is 1000. The third-order valence-corrected chi connectivity index (χ3v) is 9.34. The minimum Gasteiger partial charge on any atom is -0.439 e. The molecular weight excluding hydrogens is 424 g/mol. The summed E-state index contributed by atoms with van der Waals surface area (Å²) < 4.78 is 8.13. The first-order valence-corrected chi connectivity index (χ1v) is 16.1. The van der Waals surface area contributed by atoms with Crippen molar-refractivity contribution in [2.75, 3.05) is 18.1 Å². The van der Waals surface area contributed by atoms with E-state index in [0.717, 1.165) is 19.0 Å². The first-order valence-electron chi connectivity index (χ1n) is 10.7. The van der Waals surface area contributed by atoms with Gasteiger partial charge in [-0.05, 0) is 43.7 Å². The van der Waals surface area contributed by atoms with Crippen LogP contribution < -0.4 is 14.2 Å². The number of fused-ring (bicyclic) bond motifs is 2. The Morgan fingerprint density at radius 1 is 1.23 bits per heavy atom. The molecule has 0 fully saturated rings. The second-order valence-electron chi connectivity index (χ2n) is 8.82. The normalized spacial score (nSPS) is 16.9. The molecule has 3 heterocycles. The highest BCUT2D eigenvalue weighted by molar-refractivity contribution is 8.03. The van der Waals surface area contributed by atoms with Crippen LogP contribution in [0.1, 0.15) is 23.2 Å². The van der Waals surface area contributed by atoms with E-state index in [0.29, 0.717) is 6.61 Å². The van der Waals surface area contributed by atoms with Gasteiger partial charge >= 0.3 is 5.88 Å². The minimum atomic E-state index is -1.01. The molecule has 0 bridgehead atoms. The molecule has 3 nitrogen and oxygen atoms in total. The summed E-state index contributed by atoms with van der Waals surface area (Å²) in [6, 6.07) is 10.1. The Hall–Kier alpha value is -1.76. The van der Waals surface area contributed by atoms with E-state index in [1.807, 2.05) is 11.8 Å². The molecule has 1 aromatic heterocycles. The van der Waals surface area contributed by atoms with Crippen molar-refractivity contribution < 1.29 is 9.30 Å². The molecule has 2 aromatic rings. The quantitative estimate of drug-likeness (QED) is 0.343. The van der Waals surface area contributed by atoms with Crippen LogP contribution in [0.2, 0.25) is 25.7 Å². The van der Waals surface area contributed by atoms with E-state index >= 15 is 0 Å². The number of aromatic nitrogens is 1. The number of nitrogens with zero attached hydrogens (tertiary/aromatic N) is 2. The number of anilines is 1. The second-order valence-corrected chi connectivity index (χ2v) is 16.6. The van der Waals surface area contributed by atoms with E-state index in [1.165, 1.54) is 38.0 Å². The van der Waals surface area contributed by atoms with Gasteiger partial charge in [-0.3, -0.25) is 0 Å². The number of hydrogen-bond acceptors (Lipinski definition) is 4. The number of hydrogen-bond donors (Lipinski definition) is 0. The molecule has 0 aliphatic carbocycles. The molecule has 0 unspecified atom stereocenters. The summed E-state index contributed by atoms with van der Waals surface area (Å²) in [6.07, 6.45) is 12.2. The first kappa shape index (κ1) is 21.5. The summed E-state index contributed by atoms with van der Waals surface area (Å²) in [7, 11) is -1.01. The van der Waals surface area contributed by atoms with Crippen molar-refractivity contribution in [3.63, 3.8) is 0 Å². The van der Waals surface area contributed by atoms with Crippen molar-refractivity contribution in [1.29, 1.82) is 0 Å². The van der Waals surface area contributed by atoms with Crippen molar-refractivity contribution in [2.24, 2.45) is 0 Å². The summed E-state index contributed by atoms with van der Waals surface area (Å²) in [5, 5.41) is 2.56. The number of allylic oxidation sites excluding steroid dienone is 2. The van der Waals surface area contributed by atoms with Gasteiger partial charge in [0, 0.05) is 25.6 Å². The number of ether oxygens (including phenoxy) is 1. The SMILES string of the molecule is CC[n+]1c(C=CC=C2Sc3ccccc3N2CCC[Si](C)(C)C)sc2c1OCC=C2. The zero-order valence-electron chi connectivity index (χ0n) is 18.4. The second kappa shape index (κ2) is 9.16. The van der Waals surface area contributed by atoms with Gasteiger partial charge in [0.2, 0.25) is 0 Å². The number of benzene rings is 1. The van der Waals surface area contributed by atoms with E-state index in [4.69, 9.17) is 4.74 Å². The minimum absolute atomic E-state index is 0.665. The number of thiazole rings is 1. The Labute approximate surface area is 189 Å². The van der Waals surface area contributed by atoms with E-state index in [2.05, 4.69) is 90.7 Å². The van der Waals surface area contributed by atoms with Crippen LogP contribution in [0, 0.1) is 0 Å². The van der Waals surface area contributed by atoms with Crippen LogP contribution in [-0.2, 0) is 6.54 Å². The zero-order chi connectivity index (χ0) is 21.1. The van der Waals surface area contributed by atoms with Gasteiger partial charge in [0.1, 0.15) is 11.5 Å². The molecule has 158 valence electrons. The van der Waals surface area contributed by atoms with Crippen LogP contribution >= 0.6 is 23.1 Å². The van der Waals surface area contributed by atoms with Gasteiger partial charge in [0.25, 0.3) is 5.01 Å². The summed E-state index contributed by atoms with van der Waals surface area (Å²) in [6.45, 7) is 12.2. The molecule has 0 saturated heterocycles. The standard InChI is InChI=1S/C24H31N2OS2Si/c1-5-25-22(29-21-13-9-17-27-24(21)25)14-8-15-23-26(16-10-18-30(2,3)4)19-11-6-7-12-20(19)28-23/h6-9,11-15H,5,10,16-18H2,1-4H3/q+1. The Kier molecular flexibility index (Phi) is 6.56. The number of para-hydroxylation sites is 1. The maximum absolute atomic E-state index is 5.87. The summed E-state index contributed by atoms with van der Waals surface area (Å²) >= 11 is 3.68. The molecule has 30 heavy (non-hydrogen) atoms. The molecule has 4 rings (SSSR count). The summed E-state index contributed by atoms with van der Waals surface area (Å²) in [5.74, 6) is 1.01. The van der Waals surface area contributed by atoms with E-state index in [-0.39, 0.29) is 0 Å². The van der Waals surface area contributed by atoms with Gasteiger partial charge in [-0.1, -0.05) is 67.0 Å². The summed E-state index contributed by atoms with van der Waals surface area (Å²) in [4.78, 5) is 5.08. The third kappa shape index (κ3) is 4.76. The van der Waals surface area contributed by atoms with Crippen molar-refractivity contribution in [2.45, 2.75) is 50.5 Å². The van der Waals surface area contributed by atoms with E-state index in [1.54, 1.807) is 11.3 Å². The molecule has 2 aliphatic heterocycles. The lowest BCUT2D eigenvalue weighted by Crippen LogP contribution is -2.35. The average molecular weight is 456 g/mol. The Morgan fingerprint density at radius 3 is 2.87 bits per heavy atom. The van der Waals surface area contributed by atoms with E-state index < -0.39 is 8.07 Å². The van der Waals surface area contributed by atoms with Crippen molar-refractivity contribution in [3.05, 3.63) is 57.4 Å². The van der Waals surface area contributed by atoms with Crippen LogP contribution in [0.15, 0.2) is 52.4 Å². The highest BCUT2D eigenvalue weighted by atomic mass is 32.2. The van der Waals surface area contributed by atoms with E-state index in [9.17, 15) is 0 Å². The van der Waals surface area contributed by atoms with Crippen LogP contribution in [0.3, 0.4) is 0 Å². The topological polar surface area (TPSA) is 16.4 Å². The molecule has 0 atom stereocenters. The molecule has 0 N–H and O–H groups in total. The van der Waals surface area contributed by atoms with Gasteiger partial charge in [-0.2, -0.15) is 4.57 Å². The van der Waals surface area contributed by atoms with Gasteiger partial charge in [-0.25, -0.2) is 0 Å². The lowest BCUT2D eigenvalue weighted by Gasteiger charge is -2.22. The zero-order valence-corrected chi connectivity index (χ0v) is 21.0. The summed E-state index contributed by atoms with van der Waals surface area (Å²) in [5.41, 5.74) is 1.35. The predicted molar refractivity (Wildman–Crippen MR) is 134 cm³/mol. The fourth-order valence-corrected chi connectivity index (χ4v) is 7.23. The monoisotopic (exact) mass is 455 g/mol. The smallest absolute Gasteiger partial charge is 0.387 e. The van der Waals surface area contributed by atoms with Crippen LogP contribution in [0.5, 0.6) is 5.88 Å². The van der Waals surface area contributed by atoms with Crippen LogP contribution in [0.25, 0.3) is 12.2 Å².